The fourth-order valence-corrected chi connectivity index (χ4v) is 6.28. The van der Waals surface area contributed by atoms with E-state index in [0.717, 1.165) is 23.3 Å². The normalized spacial score (nSPS) is 16.8. The maximum absolute atomic E-state index is 13.4. The monoisotopic (exact) mass is 501 g/mol. The van der Waals surface area contributed by atoms with E-state index in [1.54, 1.807) is 34.9 Å². The zero-order chi connectivity index (χ0) is 23.7. The lowest BCUT2D eigenvalue weighted by Crippen LogP contribution is -2.41. The molecule has 1 fully saturated rings. The number of hydrogen-bond acceptors (Lipinski definition) is 6. The Morgan fingerprint density at radius 3 is 2.70 bits per heavy atom. The van der Waals surface area contributed by atoms with Crippen LogP contribution in [0.3, 0.4) is 0 Å². The van der Waals surface area contributed by atoms with Gasteiger partial charge >= 0.3 is 0 Å². The molecule has 2 aromatic heterocycles. The molecular formula is C24H24ClN3O3S2. The topological polar surface area (TPSA) is 72.3 Å². The summed E-state index contributed by atoms with van der Waals surface area (Å²) in [6.07, 6.45) is 3.80. The number of aromatic nitrogens is 2. The highest BCUT2D eigenvalue weighted by Gasteiger charge is 2.33. The van der Waals surface area contributed by atoms with Gasteiger partial charge in [-0.1, -0.05) is 35.9 Å². The van der Waals surface area contributed by atoms with Crippen LogP contribution in [-0.4, -0.2) is 38.1 Å². The average molecular weight is 502 g/mol. The zero-order valence-corrected chi connectivity index (χ0v) is 20.9. The summed E-state index contributed by atoms with van der Waals surface area (Å²) in [7, 11) is 0. The first-order valence-electron chi connectivity index (χ1n) is 10.7. The van der Waals surface area contributed by atoms with Gasteiger partial charge in [-0.2, -0.15) is 0 Å². The molecule has 0 saturated carbocycles. The molecule has 1 atom stereocenters. The molecule has 0 bridgehead atoms. The Labute approximate surface area is 205 Å². The number of aryl methyl sites for hydroxylation is 2. The van der Waals surface area contributed by atoms with Crippen LogP contribution in [0.1, 0.15) is 40.1 Å². The minimum absolute atomic E-state index is 0.126. The van der Waals surface area contributed by atoms with Crippen LogP contribution in [0.2, 0.25) is 5.02 Å². The smallest absolute Gasteiger partial charge is 0.263 e. The fraction of sp³-hybridized carbons (Fsp3) is 0.333. The molecule has 4 rings (SSSR count). The van der Waals surface area contributed by atoms with Gasteiger partial charge in [0, 0.05) is 28.6 Å². The highest BCUT2D eigenvalue weighted by atomic mass is 35.5. The molecule has 1 aliphatic heterocycles. The van der Waals surface area contributed by atoms with Crippen molar-refractivity contribution in [3.05, 3.63) is 68.3 Å². The van der Waals surface area contributed by atoms with Crippen LogP contribution >= 0.6 is 34.7 Å². The van der Waals surface area contributed by atoms with E-state index in [9.17, 15) is 14.4 Å². The van der Waals surface area contributed by atoms with Crippen molar-refractivity contribution in [1.82, 2.24) is 14.5 Å². The summed E-state index contributed by atoms with van der Waals surface area (Å²) < 4.78 is 1.57. The highest BCUT2D eigenvalue weighted by molar-refractivity contribution is 8.00. The van der Waals surface area contributed by atoms with Crippen molar-refractivity contribution in [3.63, 3.8) is 0 Å². The number of thiophene rings is 1. The van der Waals surface area contributed by atoms with Gasteiger partial charge in [0.05, 0.1) is 10.6 Å². The number of fused-ring (bicyclic) bond motifs is 1. The second kappa shape index (κ2) is 9.83. The summed E-state index contributed by atoms with van der Waals surface area (Å²) in [6.45, 7) is 8.34. The molecule has 2 amide bonds. The molecule has 1 aromatic carbocycles. The van der Waals surface area contributed by atoms with E-state index in [1.165, 1.54) is 28.0 Å². The van der Waals surface area contributed by atoms with Crippen LogP contribution in [0.15, 0.2) is 46.9 Å². The number of amides is 2. The third-order valence-corrected chi connectivity index (χ3v) is 8.39. The van der Waals surface area contributed by atoms with Crippen molar-refractivity contribution in [1.29, 1.82) is 0 Å². The molecule has 0 aliphatic carbocycles. The summed E-state index contributed by atoms with van der Waals surface area (Å²) in [5.74, 6) is -0.587. The van der Waals surface area contributed by atoms with Gasteiger partial charge in [-0.15, -0.1) is 17.9 Å². The lowest BCUT2D eigenvalue weighted by atomic mass is 10.2. The Morgan fingerprint density at radius 2 is 2.00 bits per heavy atom. The van der Waals surface area contributed by atoms with Crippen molar-refractivity contribution in [2.24, 2.45) is 0 Å². The van der Waals surface area contributed by atoms with Gasteiger partial charge in [0.15, 0.2) is 5.16 Å². The van der Waals surface area contributed by atoms with E-state index < -0.39 is 5.25 Å². The first-order chi connectivity index (χ1) is 15.8. The largest absolute Gasteiger partial charge is 0.283 e. The van der Waals surface area contributed by atoms with Crippen LogP contribution in [0.4, 0.5) is 0 Å². The van der Waals surface area contributed by atoms with Crippen LogP contribution in [0, 0.1) is 13.8 Å². The van der Waals surface area contributed by atoms with Gasteiger partial charge in [-0.25, -0.2) is 4.98 Å². The third kappa shape index (κ3) is 4.65. The number of halogens is 1. The molecule has 1 saturated heterocycles. The van der Waals surface area contributed by atoms with E-state index in [1.807, 2.05) is 13.8 Å². The lowest BCUT2D eigenvalue weighted by molar-refractivity contribution is -0.127. The first kappa shape index (κ1) is 23.7. The van der Waals surface area contributed by atoms with Crippen LogP contribution in [0.25, 0.3) is 10.2 Å². The van der Waals surface area contributed by atoms with Crippen LogP contribution in [-0.2, 0) is 11.3 Å². The molecule has 0 N–H and O–H groups in total. The summed E-state index contributed by atoms with van der Waals surface area (Å²) in [6, 6.07) is 6.54. The summed E-state index contributed by atoms with van der Waals surface area (Å²) in [5, 5.41) is 1.12. The molecule has 3 heterocycles. The number of imide groups is 1. The quantitative estimate of drug-likeness (QED) is 0.272. The van der Waals surface area contributed by atoms with Crippen molar-refractivity contribution in [2.75, 3.05) is 6.54 Å². The summed E-state index contributed by atoms with van der Waals surface area (Å²) >= 11 is 8.68. The Morgan fingerprint density at radius 1 is 1.27 bits per heavy atom. The van der Waals surface area contributed by atoms with Gasteiger partial charge < -0.3 is 0 Å². The Kier molecular flexibility index (Phi) is 7.07. The number of carbonyl (C=O) groups excluding carboxylic acids is 2. The molecule has 172 valence electrons. The Hall–Kier alpha value is -2.42. The number of allylic oxidation sites excluding steroid dienone is 1. The summed E-state index contributed by atoms with van der Waals surface area (Å²) in [5.41, 5.74) is 1.23. The Balaban J connectivity index is 1.69. The van der Waals surface area contributed by atoms with Crippen molar-refractivity contribution >= 4 is 56.7 Å². The maximum Gasteiger partial charge on any atom is 0.263 e. The molecule has 0 radical (unpaired) electrons. The average Bonchev–Trinajstić information content (AvgIpc) is 2.96. The summed E-state index contributed by atoms with van der Waals surface area (Å²) in [4.78, 5) is 47.6. The van der Waals surface area contributed by atoms with Gasteiger partial charge in [-0.3, -0.25) is 23.9 Å². The number of hydrogen-bond donors (Lipinski definition) is 0. The van der Waals surface area contributed by atoms with E-state index >= 15 is 0 Å². The van der Waals surface area contributed by atoms with E-state index in [4.69, 9.17) is 16.6 Å². The van der Waals surface area contributed by atoms with E-state index in [0.29, 0.717) is 45.5 Å². The van der Waals surface area contributed by atoms with Crippen LogP contribution < -0.4 is 5.56 Å². The number of benzene rings is 1. The number of thioether (sulfide) groups is 1. The molecule has 1 aliphatic rings. The van der Waals surface area contributed by atoms with Gasteiger partial charge in [0.1, 0.15) is 4.83 Å². The van der Waals surface area contributed by atoms with Crippen molar-refractivity contribution < 1.29 is 9.59 Å². The number of carbonyl (C=O) groups is 2. The highest BCUT2D eigenvalue weighted by Crippen LogP contribution is 2.33. The minimum Gasteiger partial charge on any atom is -0.283 e. The molecule has 0 unspecified atom stereocenters. The SMILES string of the molecule is C=CCn1c(S[C@H]2CCCCN(C(=O)c3ccc(Cl)cc3)C2=O)nc2sc(C)c(C)c2c1=O. The molecule has 33 heavy (non-hydrogen) atoms. The predicted molar refractivity (Wildman–Crippen MR) is 135 cm³/mol. The fourth-order valence-electron chi connectivity index (χ4n) is 3.88. The standard InChI is InChI=1S/C24H24ClN3O3S2/c1-4-12-28-23(31)19-14(2)15(3)32-20(19)26-24(28)33-18-7-5-6-13-27(22(18)30)21(29)16-8-10-17(25)11-9-16/h4,8-11,18H,1,5-7,12-13H2,2-3H3/t18-/m0/s1. The second-order valence-electron chi connectivity index (χ2n) is 7.97. The molecule has 3 aromatic rings. The molecular weight excluding hydrogens is 478 g/mol. The van der Waals surface area contributed by atoms with E-state index in [-0.39, 0.29) is 17.4 Å². The predicted octanol–water partition coefficient (Wildman–Crippen LogP) is 5.23. The van der Waals surface area contributed by atoms with Gasteiger partial charge in [0.2, 0.25) is 5.91 Å². The zero-order valence-electron chi connectivity index (χ0n) is 18.5. The van der Waals surface area contributed by atoms with Crippen molar-refractivity contribution in [2.45, 2.75) is 50.1 Å². The molecule has 0 spiro atoms. The maximum atomic E-state index is 13.4. The minimum atomic E-state index is -0.508. The second-order valence-corrected chi connectivity index (χ2v) is 10.8. The number of rotatable bonds is 5. The first-order valence-corrected chi connectivity index (χ1v) is 12.8. The van der Waals surface area contributed by atoms with Crippen LogP contribution in [0.5, 0.6) is 0 Å². The Bertz CT molecular complexity index is 1300. The van der Waals surface area contributed by atoms with Gasteiger partial charge in [-0.05, 0) is 56.5 Å². The molecule has 6 nitrogen and oxygen atoms in total. The third-order valence-electron chi connectivity index (χ3n) is 5.79. The van der Waals surface area contributed by atoms with Crippen molar-refractivity contribution in [3.8, 4) is 0 Å². The lowest BCUT2D eigenvalue weighted by Gasteiger charge is -2.23. The number of likely N-dealkylation sites (tertiary alicyclic amines) is 1. The van der Waals surface area contributed by atoms with Gasteiger partial charge in [0.25, 0.3) is 11.5 Å². The number of nitrogens with zero attached hydrogens (tertiary/aromatic N) is 3. The molecule has 9 heteroatoms. The van der Waals surface area contributed by atoms with E-state index in [2.05, 4.69) is 6.58 Å².